The van der Waals surface area contributed by atoms with Gasteiger partial charge in [0.1, 0.15) is 0 Å². The highest BCUT2D eigenvalue weighted by molar-refractivity contribution is 8.22. The zero-order chi connectivity index (χ0) is 9.40. The van der Waals surface area contributed by atoms with E-state index in [1.807, 2.05) is 0 Å². The zero-order valence-corrected chi connectivity index (χ0v) is 9.63. The second-order valence-corrected chi connectivity index (χ2v) is 4.55. The van der Waals surface area contributed by atoms with Crippen molar-refractivity contribution in [2.75, 3.05) is 33.0 Å². The Morgan fingerprint density at radius 3 is 2.67 bits per heavy atom. The number of hydrogen-bond acceptors (Lipinski definition) is 4. The Hall–Kier alpha value is 0.200. The fraction of sp³-hybridized carbons (Fsp3) is 0.875. The fourth-order valence-electron chi connectivity index (χ4n) is 0.696. The van der Waals surface area contributed by atoms with Crippen LogP contribution in [0.5, 0.6) is 0 Å². The molecule has 0 aromatic heterocycles. The van der Waals surface area contributed by atoms with E-state index >= 15 is 0 Å². The molecule has 0 radical (unpaired) electrons. The quantitative estimate of drug-likeness (QED) is 0.505. The van der Waals surface area contributed by atoms with Crippen LogP contribution in [0.1, 0.15) is 13.3 Å². The highest BCUT2D eigenvalue weighted by Gasteiger charge is 1.96. The summed E-state index contributed by atoms with van der Waals surface area (Å²) in [5, 5.41) is 0. The topological polar surface area (TPSA) is 12.5 Å². The van der Waals surface area contributed by atoms with E-state index in [2.05, 4.69) is 25.9 Å². The molecule has 0 saturated carbocycles. The molecule has 0 unspecified atom stereocenters. The summed E-state index contributed by atoms with van der Waals surface area (Å²) in [6.07, 6.45) is 1.04. The third-order valence-electron chi connectivity index (χ3n) is 1.23. The third kappa shape index (κ3) is 8.30. The molecule has 0 N–H and O–H groups in total. The van der Waals surface area contributed by atoms with E-state index in [1.54, 1.807) is 11.8 Å². The predicted molar refractivity (Wildman–Crippen MR) is 59.9 cm³/mol. The minimum absolute atomic E-state index is 0.677. The first-order chi connectivity index (χ1) is 5.66. The van der Waals surface area contributed by atoms with Crippen LogP contribution < -0.4 is 0 Å². The summed E-state index contributed by atoms with van der Waals surface area (Å²) in [7, 11) is 4.11. The maximum absolute atomic E-state index is 5.30. The number of thiocarbonyl (C=S) groups is 1. The van der Waals surface area contributed by atoms with Crippen LogP contribution in [0.25, 0.3) is 0 Å². The summed E-state index contributed by atoms with van der Waals surface area (Å²) in [5.41, 5.74) is 0. The first kappa shape index (κ1) is 12.2. The second-order valence-electron chi connectivity index (χ2n) is 2.69. The molecule has 0 bridgehead atoms. The number of nitrogens with zero attached hydrogens (tertiary/aromatic N) is 1. The van der Waals surface area contributed by atoms with Gasteiger partial charge >= 0.3 is 0 Å². The highest BCUT2D eigenvalue weighted by atomic mass is 32.2. The van der Waals surface area contributed by atoms with Crippen LogP contribution in [0.15, 0.2) is 0 Å². The van der Waals surface area contributed by atoms with Crippen LogP contribution in [-0.4, -0.2) is 42.3 Å². The van der Waals surface area contributed by atoms with Gasteiger partial charge < -0.3 is 9.64 Å². The minimum atomic E-state index is 0.677. The standard InChI is InChI=1S/C8H17NOS2/c1-4-12-8(11)10-7-5-6-9(2)3/h4-7H2,1-3H3. The molecule has 0 spiro atoms. The van der Waals surface area contributed by atoms with Gasteiger partial charge in [0.2, 0.25) is 4.38 Å². The first-order valence-electron chi connectivity index (χ1n) is 4.11. The molecular formula is C8H17NOS2. The van der Waals surface area contributed by atoms with Gasteiger partial charge in [-0.25, -0.2) is 0 Å². The van der Waals surface area contributed by atoms with Crippen molar-refractivity contribution < 1.29 is 4.74 Å². The van der Waals surface area contributed by atoms with E-state index in [0.29, 0.717) is 4.38 Å². The van der Waals surface area contributed by atoms with Gasteiger partial charge in [0.25, 0.3) is 0 Å². The van der Waals surface area contributed by atoms with Crippen molar-refractivity contribution >= 4 is 28.4 Å². The van der Waals surface area contributed by atoms with Crippen LogP contribution in [0.4, 0.5) is 0 Å². The molecule has 0 amide bonds. The lowest BCUT2D eigenvalue weighted by atomic mass is 10.4. The van der Waals surface area contributed by atoms with Crippen molar-refractivity contribution in [1.82, 2.24) is 4.90 Å². The molecule has 0 aliphatic heterocycles. The van der Waals surface area contributed by atoms with Gasteiger partial charge in [0, 0.05) is 6.54 Å². The molecule has 0 aromatic rings. The number of thioether (sulfide) groups is 1. The first-order valence-corrected chi connectivity index (χ1v) is 5.50. The van der Waals surface area contributed by atoms with E-state index in [-0.39, 0.29) is 0 Å². The Bertz CT molecular complexity index is 128. The average Bonchev–Trinajstić information content (AvgIpc) is 1.98. The molecule has 0 aliphatic carbocycles. The summed E-state index contributed by atoms with van der Waals surface area (Å²) in [4.78, 5) is 2.14. The number of hydrogen-bond donors (Lipinski definition) is 0. The number of ether oxygens (including phenoxy) is 1. The molecular weight excluding hydrogens is 190 g/mol. The summed E-state index contributed by atoms with van der Waals surface area (Å²) >= 11 is 6.55. The highest BCUT2D eigenvalue weighted by Crippen LogP contribution is 2.04. The molecule has 0 aliphatic rings. The lowest BCUT2D eigenvalue weighted by Gasteiger charge is -2.09. The Morgan fingerprint density at radius 1 is 1.50 bits per heavy atom. The SMILES string of the molecule is CCSC(=S)OCCCN(C)C. The van der Waals surface area contributed by atoms with Gasteiger partial charge in [-0.3, -0.25) is 0 Å². The Labute approximate surface area is 84.6 Å². The Kier molecular flexibility index (Phi) is 7.96. The normalized spacial score (nSPS) is 10.3. The van der Waals surface area contributed by atoms with Gasteiger partial charge in [-0.15, -0.1) is 0 Å². The van der Waals surface area contributed by atoms with Crippen molar-refractivity contribution in [3.63, 3.8) is 0 Å². The summed E-state index contributed by atoms with van der Waals surface area (Å²) in [6, 6.07) is 0. The van der Waals surface area contributed by atoms with Crippen molar-refractivity contribution in [3.8, 4) is 0 Å². The van der Waals surface area contributed by atoms with E-state index in [0.717, 1.165) is 25.3 Å². The fourth-order valence-corrected chi connectivity index (χ4v) is 1.54. The van der Waals surface area contributed by atoms with Gasteiger partial charge in [0.15, 0.2) is 0 Å². The predicted octanol–water partition coefficient (Wildman–Crippen LogP) is 1.99. The van der Waals surface area contributed by atoms with Crippen LogP contribution in [-0.2, 0) is 4.74 Å². The van der Waals surface area contributed by atoms with Gasteiger partial charge in [0.05, 0.1) is 6.61 Å². The minimum Gasteiger partial charge on any atom is -0.479 e. The lowest BCUT2D eigenvalue weighted by molar-refractivity contribution is 0.283. The maximum atomic E-state index is 5.30. The van der Waals surface area contributed by atoms with E-state index in [1.165, 1.54) is 0 Å². The lowest BCUT2D eigenvalue weighted by Crippen LogP contribution is -2.15. The van der Waals surface area contributed by atoms with Crippen molar-refractivity contribution in [1.29, 1.82) is 0 Å². The van der Waals surface area contributed by atoms with Crippen molar-refractivity contribution in [2.45, 2.75) is 13.3 Å². The molecule has 0 rings (SSSR count). The van der Waals surface area contributed by atoms with Crippen LogP contribution in [0, 0.1) is 0 Å². The molecule has 4 heteroatoms. The van der Waals surface area contributed by atoms with Gasteiger partial charge in [-0.1, -0.05) is 18.7 Å². The molecule has 0 atom stereocenters. The maximum Gasteiger partial charge on any atom is 0.219 e. The van der Waals surface area contributed by atoms with Gasteiger partial charge in [-0.05, 0) is 38.5 Å². The Morgan fingerprint density at radius 2 is 2.17 bits per heavy atom. The number of rotatable bonds is 5. The third-order valence-corrected chi connectivity index (χ3v) is 2.35. The van der Waals surface area contributed by atoms with E-state index in [9.17, 15) is 0 Å². The van der Waals surface area contributed by atoms with Crippen LogP contribution in [0.3, 0.4) is 0 Å². The van der Waals surface area contributed by atoms with Crippen LogP contribution >= 0.6 is 24.0 Å². The van der Waals surface area contributed by atoms with Gasteiger partial charge in [-0.2, -0.15) is 0 Å². The molecule has 0 heterocycles. The molecule has 72 valence electrons. The second kappa shape index (κ2) is 7.83. The zero-order valence-electron chi connectivity index (χ0n) is 8.00. The molecule has 2 nitrogen and oxygen atoms in total. The van der Waals surface area contributed by atoms with E-state index < -0.39 is 0 Å². The van der Waals surface area contributed by atoms with Crippen LogP contribution in [0.2, 0.25) is 0 Å². The molecule has 0 saturated heterocycles. The smallest absolute Gasteiger partial charge is 0.219 e. The molecule has 12 heavy (non-hydrogen) atoms. The monoisotopic (exact) mass is 207 g/mol. The summed E-state index contributed by atoms with van der Waals surface area (Å²) < 4.78 is 5.98. The van der Waals surface area contributed by atoms with Crippen molar-refractivity contribution in [2.24, 2.45) is 0 Å². The van der Waals surface area contributed by atoms with E-state index in [4.69, 9.17) is 17.0 Å². The summed E-state index contributed by atoms with van der Waals surface area (Å²) in [5.74, 6) is 0.993. The molecule has 0 fully saturated rings. The Balaban J connectivity index is 3.14. The van der Waals surface area contributed by atoms with Crippen molar-refractivity contribution in [3.05, 3.63) is 0 Å². The summed E-state index contributed by atoms with van der Waals surface area (Å²) in [6.45, 7) is 3.86. The molecule has 0 aromatic carbocycles. The average molecular weight is 207 g/mol. The largest absolute Gasteiger partial charge is 0.479 e.